The van der Waals surface area contributed by atoms with Gasteiger partial charge in [-0.15, -0.1) is 0 Å². The SMILES string of the molecule is O=C(O)c1cc(COc2cc(F)cc(Br)c2)ccn1. The monoisotopic (exact) mass is 325 g/mol. The van der Waals surface area contributed by atoms with Gasteiger partial charge in [-0.25, -0.2) is 14.2 Å². The Morgan fingerprint density at radius 1 is 1.37 bits per heavy atom. The number of ether oxygens (including phenoxy) is 1. The number of rotatable bonds is 4. The maximum Gasteiger partial charge on any atom is 0.354 e. The minimum absolute atomic E-state index is 0.0541. The summed E-state index contributed by atoms with van der Waals surface area (Å²) in [7, 11) is 0. The van der Waals surface area contributed by atoms with Crippen LogP contribution in [0.4, 0.5) is 4.39 Å². The predicted octanol–water partition coefficient (Wildman–Crippen LogP) is 3.26. The number of benzene rings is 1. The molecule has 0 amide bonds. The fraction of sp³-hybridized carbons (Fsp3) is 0.0769. The molecule has 2 rings (SSSR count). The number of halogens is 2. The molecule has 4 nitrogen and oxygen atoms in total. The lowest BCUT2D eigenvalue weighted by Crippen LogP contribution is -2.03. The standard InChI is InChI=1S/C13H9BrFNO3/c14-9-4-10(15)6-11(5-9)19-7-8-1-2-16-12(3-8)13(17)18/h1-6H,7H2,(H,17,18). The predicted molar refractivity (Wildman–Crippen MR) is 69.6 cm³/mol. The van der Waals surface area contributed by atoms with Crippen LogP contribution in [-0.2, 0) is 6.61 Å². The largest absolute Gasteiger partial charge is 0.489 e. The smallest absolute Gasteiger partial charge is 0.354 e. The van der Waals surface area contributed by atoms with E-state index in [9.17, 15) is 9.18 Å². The summed E-state index contributed by atoms with van der Waals surface area (Å²) >= 11 is 3.16. The molecule has 0 saturated carbocycles. The molecule has 0 spiro atoms. The number of hydrogen-bond acceptors (Lipinski definition) is 3. The van der Waals surface area contributed by atoms with Crippen molar-refractivity contribution in [3.63, 3.8) is 0 Å². The summed E-state index contributed by atoms with van der Waals surface area (Å²) in [6.45, 7) is 0.138. The zero-order chi connectivity index (χ0) is 13.8. The number of carboxylic acid groups (broad SMARTS) is 1. The van der Waals surface area contributed by atoms with Crippen LogP contribution < -0.4 is 4.74 Å². The lowest BCUT2D eigenvalue weighted by Gasteiger charge is -2.07. The van der Waals surface area contributed by atoms with Gasteiger partial charge in [-0.1, -0.05) is 15.9 Å². The minimum Gasteiger partial charge on any atom is -0.489 e. The van der Waals surface area contributed by atoms with E-state index in [1.165, 1.54) is 24.4 Å². The number of nitrogens with zero attached hydrogens (tertiary/aromatic N) is 1. The van der Waals surface area contributed by atoms with Crippen LogP contribution in [0.2, 0.25) is 0 Å². The van der Waals surface area contributed by atoms with E-state index in [1.807, 2.05) is 0 Å². The van der Waals surface area contributed by atoms with Gasteiger partial charge >= 0.3 is 5.97 Å². The molecule has 0 saturated heterocycles. The average molecular weight is 326 g/mol. The van der Waals surface area contributed by atoms with Crippen molar-refractivity contribution in [3.05, 3.63) is 58.1 Å². The van der Waals surface area contributed by atoms with Crippen LogP contribution in [0.5, 0.6) is 5.75 Å². The van der Waals surface area contributed by atoms with E-state index in [0.29, 0.717) is 15.8 Å². The van der Waals surface area contributed by atoms with Crippen LogP contribution in [0.3, 0.4) is 0 Å². The molecule has 19 heavy (non-hydrogen) atoms. The second kappa shape index (κ2) is 5.79. The molecule has 0 aliphatic heterocycles. The van der Waals surface area contributed by atoms with Gasteiger partial charge in [0.2, 0.25) is 0 Å². The summed E-state index contributed by atoms with van der Waals surface area (Å²) in [6, 6.07) is 7.26. The molecule has 0 radical (unpaired) electrons. The van der Waals surface area contributed by atoms with Crippen LogP contribution >= 0.6 is 15.9 Å². The van der Waals surface area contributed by atoms with Crippen molar-refractivity contribution in [2.24, 2.45) is 0 Å². The Kier molecular flexibility index (Phi) is 4.11. The van der Waals surface area contributed by atoms with Crippen molar-refractivity contribution in [1.29, 1.82) is 0 Å². The molecule has 1 N–H and O–H groups in total. The Bertz CT molecular complexity index is 598. The zero-order valence-corrected chi connectivity index (χ0v) is 11.2. The molecule has 2 aromatic rings. The van der Waals surface area contributed by atoms with Crippen LogP contribution in [0, 0.1) is 5.82 Å². The van der Waals surface area contributed by atoms with Crippen molar-refractivity contribution < 1.29 is 19.0 Å². The van der Waals surface area contributed by atoms with Gasteiger partial charge in [0.1, 0.15) is 23.9 Å². The highest BCUT2D eigenvalue weighted by Crippen LogP contribution is 2.21. The van der Waals surface area contributed by atoms with Gasteiger partial charge < -0.3 is 9.84 Å². The number of aromatic carboxylic acids is 1. The lowest BCUT2D eigenvalue weighted by atomic mass is 10.2. The Balaban J connectivity index is 2.10. The topological polar surface area (TPSA) is 59.4 Å². The third-order valence-corrected chi connectivity index (χ3v) is 2.74. The molecular formula is C13H9BrFNO3. The number of pyridine rings is 1. The van der Waals surface area contributed by atoms with Gasteiger partial charge in [-0.3, -0.25) is 0 Å². The third-order valence-electron chi connectivity index (χ3n) is 2.29. The van der Waals surface area contributed by atoms with E-state index in [1.54, 1.807) is 12.1 Å². The second-order valence-electron chi connectivity index (χ2n) is 3.75. The molecule has 0 aliphatic carbocycles. The number of hydrogen-bond donors (Lipinski definition) is 1. The normalized spacial score (nSPS) is 10.2. The van der Waals surface area contributed by atoms with Crippen LogP contribution in [-0.4, -0.2) is 16.1 Å². The van der Waals surface area contributed by atoms with Gasteiger partial charge in [-0.05, 0) is 29.8 Å². The Hall–Kier alpha value is -1.95. The highest BCUT2D eigenvalue weighted by Gasteiger charge is 2.06. The van der Waals surface area contributed by atoms with Crippen molar-refractivity contribution in [2.75, 3.05) is 0 Å². The summed E-state index contributed by atoms with van der Waals surface area (Å²) in [6.07, 6.45) is 1.39. The average Bonchev–Trinajstić information content (AvgIpc) is 2.35. The molecule has 0 unspecified atom stereocenters. The summed E-state index contributed by atoms with van der Waals surface area (Å²) in [5.41, 5.74) is 0.592. The van der Waals surface area contributed by atoms with Crippen LogP contribution in [0.1, 0.15) is 16.1 Å². The summed E-state index contributed by atoms with van der Waals surface area (Å²) in [4.78, 5) is 14.5. The first-order valence-electron chi connectivity index (χ1n) is 5.32. The highest BCUT2D eigenvalue weighted by molar-refractivity contribution is 9.10. The molecule has 98 valence electrons. The van der Waals surface area contributed by atoms with Crippen molar-refractivity contribution in [3.8, 4) is 5.75 Å². The zero-order valence-electron chi connectivity index (χ0n) is 9.64. The Labute approximate surface area is 117 Å². The van der Waals surface area contributed by atoms with Gasteiger partial charge in [0.15, 0.2) is 0 Å². The van der Waals surface area contributed by atoms with E-state index < -0.39 is 11.8 Å². The number of aromatic nitrogens is 1. The van der Waals surface area contributed by atoms with E-state index >= 15 is 0 Å². The molecule has 0 bridgehead atoms. The Morgan fingerprint density at radius 3 is 2.84 bits per heavy atom. The van der Waals surface area contributed by atoms with E-state index in [0.717, 1.165) is 0 Å². The number of carbonyl (C=O) groups is 1. The summed E-state index contributed by atoms with van der Waals surface area (Å²) < 4.78 is 19.1. The van der Waals surface area contributed by atoms with Crippen molar-refractivity contribution in [2.45, 2.75) is 6.61 Å². The van der Waals surface area contributed by atoms with Gasteiger partial charge in [0, 0.05) is 16.7 Å². The molecule has 1 heterocycles. The fourth-order valence-corrected chi connectivity index (χ4v) is 1.90. The van der Waals surface area contributed by atoms with E-state index in [2.05, 4.69) is 20.9 Å². The summed E-state index contributed by atoms with van der Waals surface area (Å²) in [5, 5.41) is 8.81. The fourth-order valence-electron chi connectivity index (χ4n) is 1.46. The maximum atomic E-state index is 13.1. The molecule has 1 aromatic carbocycles. The van der Waals surface area contributed by atoms with Gasteiger partial charge in [0.05, 0.1) is 0 Å². The van der Waals surface area contributed by atoms with Gasteiger partial charge in [-0.2, -0.15) is 0 Å². The third kappa shape index (κ3) is 3.75. The van der Waals surface area contributed by atoms with Gasteiger partial charge in [0.25, 0.3) is 0 Å². The molecule has 1 aromatic heterocycles. The molecule has 0 aliphatic rings. The molecule has 0 atom stereocenters. The number of carboxylic acids is 1. The summed E-state index contributed by atoms with van der Waals surface area (Å²) in [5.74, 6) is -1.15. The lowest BCUT2D eigenvalue weighted by molar-refractivity contribution is 0.0690. The first-order valence-corrected chi connectivity index (χ1v) is 6.11. The van der Waals surface area contributed by atoms with Crippen molar-refractivity contribution >= 4 is 21.9 Å². The molecule has 0 fully saturated rings. The first kappa shape index (κ1) is 13.5. The quantitative estimate of drug-likeness (QED) is 0.937. The second-order valence-corrected chi connectivity index (χ2v) is 4.66. The highest BCUT2D eigenvalue weighted by atomic mass is 79.9. The van der Waals surface area contributed by atoms with E-state index in [-0.39, 0.29) is 12.3 Å². The molecule has 6 heteroatoms. The van der Waals surface area contributed by atoms with E-state index in [4.69, 9.17) is 9.84 Å². The molecular weight excluding hydrogens is 317 g/mol. The van der Waals surface area contributed by atoms with Crippen LogP contribution in [0.25, 0.3) is 0 Å². The Morgan fingerprint density at radius 2 is 2.16 bits per heavy atom. The minimum atomic E-state index is -1.10. The van der Waals surface area contributed by atoms with Crippen LogP contribution in [0.15, 0.2) is 41.0 Å². The first-order chi connectivity index (χ1) is 9.04. The van der Waals surface area contributed by atoms with Crippen molar-refractivity contribution in [1.82, 2.24) is 4.98 Å². The maximum absolute atomic E-state index is 13.1.